The predicted molar refractivity (Wildman–Crippen MR) is 129 cm³/mol. The fourth-order valence-electron chi connectivity index (χ4n) is 3.60. The molecule has 4 rings (SSSR count). The predicted octanol–water partition coefficient (Wildman–Crippen LogP) is 4.05. The van der Waals surface area contributed by atoms with E-state index >= 15 is 0 Å². The lowest BCUT2D eigenvalue weighted by Crippen LogP contribution is -2.17. The highest BCUT2D eigenvalue weighted by Crippen LogP contribution is 2.29. The highest BCUT2D eigenvalue weighted by molar-refractivity contribution is 6.30. The minimum Gasteiger partial charge on any atom is -0.491 e. The summed E-state index contributed by atoms with van der Waals surface area (Å²) in [7, 11) is 1.62. The van der Waals surface area contributed by atoms with Gasteiger partial charge in [0.05, 0.1) is 29.4 Å². The Morgan fingerprint density at radius 2 is 2.06 bits per heavy atom. The molecule has 0 amide bonds. The van der Waals surface area contributed by atoms with Crippen LogP contribution < -0.4 is 15.6 Å². The lowest BCUT2D eigenvalue weighted by molar-refractivity contribution is 0.146. The van der Waals surface area contributed by atoms with Crippen molar-refractivity contribution in [2.75, 3.05) is 32.2 Å². The first-order valence-corrected chi connectivity index (χ1v) is 10.9. The monoisotopic (exact) mass is 468 g/mol. The summed E-state index contributed by atoms with van der Waals surface area (Å²) in [5.74, 6) is 1.11. The molecule has 2 aromatic heterocycles. The van der Waals surface area contributed by atoms with Gasteiger partial charge < -0.3 is 29.9 Å². The van der Waals surface area contributed by atoms with Crippen LogP contribution >= 0.6 is 11.6 Å². The largest absolute Gasteiger partial charge is 0.491 e. The van der Waals surface area contributed by atoms with Gasteiger partial charge in [0.15, 0.2) is 0 Å². The summed E-state index contributed by atoms with van der Waals surface area (Å²) in [5.41, 5.74) is 3.71. The summed E-state index contributed by atoms with van der Waals surface area (Å²) in [6, 6.07) is 12.5. The molecule has 0 saturated carbocycles. The highest BCUT2D eigenvalue weighted by atomic mass is 35.5. The number of ether oxygens (including phenoxy) is 2. The minimum atomic E-state index is -0.805. The molecule has 9 heteroatoms. The van der Waals surface area contributed by atoms with Crippen molar-refractivity contribution in [1.82, 2.24) is 15.0 Å². The maximum atomic E-state index is 12.7. The van der Waals surface area contributed by atoms with E-state index in [1.807, 2.05) is 19.1 Å². The van der Waals surface area contributed by atoms with E-state index in [4.69, 9.17) is 21.1 Å². The number of aliphatic hydroxyl groups is 1. The standard InChI is InChI=1S/C24H25ClN4O4/c1-14-10-17(33-9-8-32-2)12-19-22(14)29-23(28-19)21-18(6-7-26-24(21)31)27-13-20(30)15-4-3-5-16(25)11-15/h3-7,10-12,20,30H,8-9,13H2,1-2H3,(H,28,29)(H2,26,27,31). The van der Waals surface area contributed by atoms with Crippen LogP contribution in [-0.4, -0.2) is 46.9 Å². The number of aromatic amines is 2. The molecule has 1 atom stereocenters. The van der Waals surface area contributed by atoms with Gasteiger partial charge in [-0.15, -0.1) is 0 Å². The molecular formula is C24H25ClN4O4. The average molecular weight is 469 g/mol. The number of nitrogens with one attached hydrogen (secondary N) is 3. The number of nitrogens with zero attached hydrogens (tertiary/aromatic N) is 1. The van der Waals surface area contributed by atoms with E-state index in [9.17, 15) is 9.90 Å². The Balaban J connectivity index is 1.62. The van der Waals surface area contributed by atoms with Crippen LogP contribution in [0.1, 0.15) is 17.2 Å². The van der Waals surface area contributed by atoms with Crippen LogP contribution in [0.5, 0.6) is 5.75 Å². The van der Waals surface area contributed by atoms with Gasteiger partial charge in [0.2, 0.25) is 0 Å². The summed E-state index contributed by atoms with van der Waals surface area (Å²) in [6.45, 7) is 3.05. The van der Waals surface area contributed by atoms with Crippen molar-refractivity contribution in [3.63, 3.8) is 0 Å². The smallest absolute Gasteiger partial charge is 0.261 e. The number of aromatic nitrogens is 3. The Kier molecular flexibility index (Phi) is 6.98. The number of hydrogen-bond acceptors (Lipinski definition) is 6. The van der Waals surface area contributed by atoms with Gasteiger partial charge in [-0.25, -0.2) is 4.98 Å². The number of anilines is 1. The number of benzene rings is 2. The van der Waals surface area contributed by atoms with Crippen LogP contribution in [0.3, 0.4) is 0 Å². The van der Waals surface area contributed by atoms with Gasteiger partial charge in [0.1, 0.15) is 23.7 Å². The third kappa shape index (κ3) is 5.19. The molecule has 2 aromatic carbocycles. The quantitative estimate of drug-likeness (QED) is 0.276. The summed E-state index contributed by atoms with van der Waals surface area (Å²) in [4.78, 5) is 23.3. The maximum Gasteiger partial charge on any atom is 0.261 e. The van der Waals surface area contributed by atoms with Crippen LogP contribution in [-0.2, 0) is 4.74 Å². The lowest BCUT2D eigenvalue weighted by atomic mass is 10.1. The van der Waals surface area contributed by atoms with E-state index in [1.54, 1.807) is 43.6 Å². The molecule has 0 aliphatic rings. The summed E-state index contributed by atoms with van der Waals surface area (Å²) in [6.07, 6.45) is 0.746. The Morgan fingerprint density at radius 1 is 1.21 bits per heavy atom. The van der Waals surface area contributed by atoms with Crippen molar-refractivity contribution in [2.24, 2.45) is 0 Å². The van der Waals surface area contributed by atoms with Crippen molar-refractivity contribution in [1.29, 1.82) is 0 Å². The van der Waals surface area contributed by atoms with Crippen LogP contribution in [0.2, 0.25) is 5.02 Å². The lowest BCUT2D eigenvalue weighted by Gasteiger charge is -2.15. The molecule has 0 aliphatic heterocycles. The zero-order valence-corrected chi connectivity index (χ0v) is 19.1. The average Bonchev–Trinajstić information content (AvgIpc) is 3.22. The number of pyridine rings is 1. The number of aliphatic hydroxyl groups excluding tert-OH is 1. The molecule has 0 aliphatic carbocycles. The fraction of sp³-hybridized carbons (Fsp3) is 0.250. The number of H-pyrrole nitrogens is 2. The van der Waals surface area contributed by atoms with E-state index in [1.165, 1.54) is 0 Å². The third-order valence-electron chi connectivity index (χ3n) is 5.22. The highest BCUT2D eigenvalue weighted by Gasteiger charge is 2.17. The van der Waals surface area contributed by atoms with E-state index in [0.29, 0.717) is 46.6 Å². The van der Waals surface area contributed by atoms with Gasteiger partial charge in [0, 0.05) is 30.9 Å². The topological polar surface area (TPSA) is 112 Å². The molecule has 33 heavy (non-hydrogen) atoms. The normalized spacial score (nSPS) is 12.1. The molecule has 2 heterocycles. The number of fused-ring (bicyclic) bond motifs is 1. The second kappa shape index (κ2) is 10.1. The van der Waals surface area contributed by atoms with Gasteiger partial charge in [-0.3, -0.25) is 4.79 Å². The van der Waals surface area contributed by atoms with Crippen molar-refractivity contribution < 1.29 is 14.6 Å². The molecule has 0 spiro atoms. The molecule has 8 nitrogen and oxygen atoms in total. The number of imidazole rings is 1. The first kappa shape index (κ1) is 22.8. The summed E-state index contributed by atoms with van der Waals surface area (Å²) in [5, 5.41) is 14.3. The van der Waals surface area contributed by atoms with Crippen molar-refractivity contribution >= 4 is 28.3 Å². The first-order chi connectivity index (χ1) is 16.0. The first-order valence-electron chi connectivity index (χ1n) is 10.5. The van der Waals surface area contributed by atoms with E-state index < -0.39 is 6.10 Å². The fourth-order valence-corrected chi connectivity index (χ4v) is 3.80. The second-order valence-corrected chi connectivity index (χ2v) is 8.05. The third-order valence-corrected chi connectivity index (χ3v) is 5.46. The van der Waals surface area contributed by atoms with Gasteiger partial charge in [-0.1, -0.05) is 23.7 Å². The Labute approximate surface area is 195 Å². The number of rotatable bonds is 9. The molecule has 0 bridgehead atoms. The Morgan fingerprint density at radius 3 is 2.85 bits per heavy atom. The zero-order chi connectivity index (χ0) is 23.4. The molecule has 1 unspecified atom stereocenters. The van der Waals surface area contributed by atoms with E-state index in [2.05, 4.69) is 20.3 Å². The van der Waals surface area contributed by atoms with Gasteiger partial charge >= 0.3 is 0 Å². The molecule has 0 radical (unpaired) electrons. The number of aryl methyl sites for hydroxylation is 1. The molecule has 0 saturated heterocycles. The van der Waals surface area contributed by atoms with Crippen LogP contribution in [0.15, 0.2) is 53.5 Å². The van der Waals surface area contributed by atoms with Gasteiger partial charge in [-0.05, 0) is 42.3 Å². The maximum absolute atomic E-state index is 12.7. The number of halogens is 1. The number of methoxy groups -OCH3 is 1. The molecular weight excluding hydrogens is 444 g/mol. The zero-order valence-electron chi connectivity index (χ0n) is 18.3. The van der Waals surface area contributed by atoms with Crippen LogP contribution in [0, 0.1) is 6.92 Å². The van der Waals surface area contributed by atoms with E-state index in [-0.39, 0.29) is 12.1 Å². The number of hydrogen-bond donors (Lipinski definition) is 4. The molecule has 172 valence electrons. The molecule has 4 aromatic rings. The van der Waals surface area contributed by atoms with Gasteiger partial charge in [0.25, 0.3) is 5.56 Å². The van der Waals surface area contributed by atoms with Crippen molar-refractivity contribution in [2.45, 2.75) is 13.0 Å². The Bertz CT molecular complexity index is 1320. The molecule has 0 fully saturated rings. The Hall–Kier alpha value is -3.33. The van der Waals surface area contributed by atoms with Crippen LogP contribution in [0.4, 0.5) is 5.69 Å². The van der Waals surface area contributed by atoms with Crippen LogP contribution in [0.25, 0.3) is 22.4 Å². The van der Waals surface area contributed by atoms with Crippen molar-refractivity contribution in [3.05, 3.63) is 75.2 Å². The minimum absolute atomic E-state index is 0.188. The van der Waals surface area contributed by atoms with E-state index in [0.717, 1.165) is 16.6 Å². The molecule has 4 N–H and O–H groups in total. The summed E-state index contributed by atoms with van der Waals surface area (Å²) < 4.78 is 10.8. The van der Waals surface area contributed by atoms with Crippen molar-refractivity contribution in [3.8, 4) is 17.1 Å². The SMILES string of the molecule is COCCOc1cc(C)c2nc(-c3c(NCC(O)c4cccc(Cl)c4)cc[nH]c3=O)[nH]c2c1. The van der Waals surface area contributed by atoms with Gasteiger partial charge in [-0.2, -0.15) is 0 Å². The summed E-state index contributed by atoms with van der Waals surface area (Å²) >= 11 is 6.03. The second-order valence-electron chi connectivity index (χ2n) is 7.61.